The number of hydrogen-bond donors (Lipinski definition) is 1. The maximum atomic E-state index is 12.7. The summed E-state index contributed by atoms with van der Waals surface area (Å²) in [5.74, 6) is -0.372. The van der Waals surface area contributed by atoms with Crippen molar-refractivity contribution in [3.8, 4) is 0 Å². The van der Waals surface area contributed by atoms with Gasteiger partial charge in [0.1, 0.15) is 5.56 Å². The average Bonchev–Trinajstić information content (AvgIpc) is 2.65. The standard InChI is InChI=1S/C22H22N2O2/c1-3-19-14-20(25)21(22(26)23-18-12-8-5-9-13-18)16(2)24(19)15-17-10-6-4-7-11-17/h4-14H,3,15H2,1-2H3,(H,23,26). The van der Waals surface area contributed by atoms with E-state index in [-0.39, 0.29) is 16.9 Å². The van der Waals surface area contributed by atoms with E-state index in [2.05, 4.69) is 9.88 Å². The Kier molecular flexibility index (Phi) is 5.32. The number of carbonyl (C=O) groups is 1. The predicted molar refractivity (Wildman–Crippen MR) is 105 cm³/mol. The maximum Gasteiger partial charge on any atom is 0.261 e. The zero-order chi connectivity index (χ0) is 18.5. The highest BCUT2D eigenvalue weighted by atomic mass is 16.2. The molecule has 1 amide bonds. The fraction of sp³-hybridized carbons (Fsp3) is 0.182. The number of nitrogens with one attached hydrogen (secondary N) is 1. The molecule has 0 aliphatic carbocycles. The van der Waals surface area contributed by atoms with E-state index in [9.17, 15) is 9.59 Å². The molecule has 0 atom stereocenters. The van der Waals surface area contributed by atoms with Crippen molar-refractivity contribution in [3.63, 3.8) is 0 Å². The lowest BCUT2D eigenvalue weighted by molar-refractivity contribution is 0.102. The summed E-state index contributed by atoms with van der Waals surface area (Å²) in [6.07, 6.45) is 0.726. The van der Waals surface area contributed by atoms with E-state index in [1.165, 1.54) is 0 Å². The number of rotatable bonds is 5. The Morgan fingerprint density at radius 3 is 2.23 bits per heavy atom. The second kappa shape index (κ2) is 7.83. The van der Waals surface area contributed by atoms with Gasteiger partial charge in [0.25, 0.3) is 5.91 Å². The molecular formula is C22H22N2O2. The molecule has 0 radical (unpaired) electrons. The number of carbonyl (C=O) groups excluding carboxylic acids is 1. The van der Waals surface area contributed by atoms with E-state index < -0.39 is 0 Å². The highest BCUT2D eigenvalue weighted by Crippen LogP contribution is 2.14. The summed E-state index contributed by atoms with van der Waals surface area (Å²) in [5, 5.41) is 2.82. The summed E-state index contributed by atoms with van der Waals surface area (Å²) >= 11 is 0. The maximum absolute atomic E-state index is 12.7. The van der Waals surface area contributed by atoms with Gasteiger partial charge in [0, 0.05) is 29.7 Å². The molecule has 0 saturated carbocycles. The van der Waals surface area contributed by atoms with E-state index in [1.807, 2.05) is 62.4 Å². The van der Waals surface area contributed by atoms with Crippen molar-refractivity contribution in [1.82, 2.24) is 4.57 Å². The average molecular weight is 346 g/mol. The summed E-state index contributed by atoms with van der Waals surface area (Å²) in [7, 11) is 0. The summed E-state index contributed by atoms with van der Waals surface area (Å²) in [5.41, 5.74) is 3.37. The molecule has 3 rings (SSSR count). The number of para-hydroxylation sites is 1. The van der Waals surface area contributed by atoms with Crippen LogP contribution in [0.1, 0.15) is 34.2 Å². The second-order valence-electron chi connectivity index (χ2n) is 6.21. The number of benzene rings is 2. The van der Waals surface area contributed by atoms with Gasteiger partial charge in [-0.3, -0.25) is 9.59 Å². The van der Waals surface area contributed by atoms with Gasteiger partial charge >= 0.3 is 0 Å². The molecule has 1 aromatic heterocycles. The third-order valence-electron chi connectivity index (χ3n) is 4.46. The Bertz CT molecular complexity index is 961. The number of hydrogen-bond acceptors (Lipinski definition) is 2. The molecule has 0 bridgehead atoms. The molecule has 0 aliphatic rings. The fourth-order valence-electron chi connectivity index (χ4n) is 3.10. The Morgan fingerprint density at radius 1 is 1.00 bits per heavy atom. The topological polar surface area (TPSA) is 51.1 Å². The Labute approximate surface area is 153 Å². The van der Waals surface area contributed by atoms with Crippen LogP contribution in [-0.2, 0) is 13.0 Å². The molecule has 4 heteroatoms. The van der Waals surface area contributed by atoms with Gasteiger partial charge in [0.05, 0.1) is 0 Å². The van der Waals surface area contributed by atoms with Crippen LogP contribution in [0, 0.1) is 6.92 Å². The first-order valence-electron chi connectivity index (χ1n) is 8.73. The van der Waals surface area contributed by atoms with Crippen molar-refractivity contribution in [3.05, 3.63) is 99.5 Å². The molecule has 0 spiro atoms. The molecular weight excluding hydrogens is 324 g/mol. The van der Waals surface area contributed by atoms with Crippen LogP contribution >= 0.6 is 0 Å². The highest BCUT2D eigenvalue weighted by Gasteiger charge is 2.18. The fourth-order valence-corrected chi connectivity index (χ4v) is 3.10. The van der Waals surface area contributed by atoms with Crippen molar-refractivity contribution in [1.29, 1.82) is 0 Å². The minimum Gasteiger partial charge on any atom is -0.343 e. The molecule has 1 heterocycles. The zero-order valence-corrected chi connectivity index (χ0v) is 15.0. The van der Waals surface area contributed by atoms with Gasteiger partial charge in [-0.2, -0.15) is 0 Å². The number of aryl methyl sites for hydroxylation is 1. The molecule has 4 nitrogen and oxygen atoms in total. The monoisotopic (exact) mass is 346 g/mol. The van der Waals surface area contributed by atoms with Crippen LogP contribution in [0.25, 0.3) is 0 Å². The number of amides is 1. The smallest absolute Gasteiger partial charge is 0.261 e. The molecule has 0 fully saturated rings. The molecule has 0 aliphatic heterocycles. The highest BCUT2D eigenvalue weighted by molar-refractivity contribution is 6.04. The van der Waals surface area contributed by atoms with Gasteiger partial charge in [-0.05, 0) is 31.0 Å². The van der Waals surface area contributed by atoms with Gasteiger partial charge in [-0.1, -0.05) is 55.5 Å². The summed E-state index contributed by atoms with van der Waals surface area (Å²) in [6, 6.07) is 20.8. The number of aromatic nitrogens is 1. The first-order chi connectivity index (χ1) is 12.6. The molecule has 26 heavy (non-hydrogen) atoms. The van der Waals surface area contributed by atoms with Crippen LogP contribution in [0.3, 0.4) is 0 Å². The van der Waals surface area contributed by atoms with Gasteiger partial charge in [0.2, 0.25) is 0 Å². The van der Waals surface area contributed by atoms with Crippen LogP contribution in [0.2, 0.25) is 0 Å². The Balaban J connectivity index is 2.01. The molecule has 0 unspecified atom stereocenters. The second-order valence-corrected chi connectivity index (χ2v) is 6.21. The van der Waals surface area contributed by atoms with Gasteiger partial charge in [-0.15, -0.1) is 0 Å². The van der Waals surface area contributed by atoms with Gasteiger partial charge in [0.15, 0.2) is 5.43 Å². The molecule has 0 saturated heterocycles. The van der Waals surface area contributed by atoms with Crippen LogP contribution in [0.4, 0.5) is 5.69 Å². The van der Waals surface area contributed by atoms with Crippen molar-refractivity contribution >= 4 is 11.6 Å². The first kappa shape index (κ1) is 17.7. The predicted octanol–water partition coefficient (Wildman–Crippen LogP) is 4.02. The van der Waals surface area contributed by atoms with Crippen molar-refractivity contribution in [2.45, 2.75) is 26.8 Å². The van der Waals surface area contributed by atoms with Crippen LogP contribution in [0.15, 0.2) is 71.5 Å². The van der Waals surface area contributed by atoms with Crippen molar-refractivity contribution < 1.29 is 4.79 Å². The van der Waals surface area contributed by atoms with Crippen molar-refractivity contribution in [2.24, 2.45) is 0 Å². The van der Waals surface area contributed by atoms with E-state index in [1.54, 1.807) is 18.2 Å². The quantitative estimate of drug-likeness (QED) is 0.758. The summed E-state index contributed by atoms with van der Waals surface area (Å²) in [4.78, 5) is 25.3. The lowest BCUT2D eigenvalue weighted by Crippen LogP contribution is -2.27. The zero-order valence-electron chi connectivity index (χ0n) is 15.0. The minimum atomic E-state index is -0.372. The Hall–Kier alpha value is -3.14. The Morgan fingerprint density at radius 2 is 1.62 bits per heavy atom. The summed E-state index contributed by atoms with van der Waals surface area (Å²) < 4.78 is 2.05. The third kappa shape index (κ3) is 3.75. The molecule has 3 aromatic rings. The first-order valence-corrected chi connectivity index (χ1v) is 8.73. The van der Waals surface area contributed by atoms with E-state index in [4.69, 9.17) is 0 Å². The lowest BCUT2D eigenvalue weighted by atomic mass is 10.1. The normalized spacial score (nSPS) is 10.5. The van der Waals surface area contributed by atoms with Crippen LogP contribution < -0.4 is 10.7 Å². The van der Waals surface area contributed by atoms with Gasteiger partial charge in [-0.25, -0.2) is 0 Å². The van der Waals surface area contributed by atoms with Crippen LogP contribution in [-0.4, -0.2) is 10.5 Å². The van der Waals surface area contributed by atoms with Gasteiger partial charge < -0.3 is 9.88 Å². The largest absolute Gasteiger partial charge is 0.343 e. The summed E-state index contributed by atoms with van der Waals surface area (Å²) in [6.45, 7) is 4.48. The molecule has 2 aromatic carbocycles. The number of pyridine rings is 1. The van der Waals surface area contributed by atoms with Crippen molar-refractivity contribution in [2.75, 3.05) is 5.32 Å². The number of anilines is 1. The van der Waals surface area contributed by atoms with E-state index >= 15 is 0 Å². The van der Waals surface area contributed by atoms with E-state index in [0.717, 1.165) is 17.7 Å². The SMILES string of the molecule is CCc1cc(=O)c(C(=O)Nc2ccccc2)c(C)n1Cc1ccccc1. The molecule has 132 valence electrons. The number of nitrogens with zero attached hydrogens (tertiary/aromatic N) is 1. The van der Waals surface area contributed by atoms with E-state index in [0.29, 0.717) is 17.9 Å². The molecule has 1 N–H and O–H groups in total. The lowest BCUT2D eigenvalue weighted by Gasteiger charge is -2.19. The van der Waals surface area contributed by atoms with Crippen LogP contribution in [0.5, 0.6) is 0 Å². The third-order valence-corrected chi connectivity index (χ3v) is 4.46. The minimum absolute atomic E-state index is 0.196.